The number of nitrogens with zero attached hydrogens (tertiary/aromatic N) is 2. The molecule has 0 saturated heterocycles. The SMILES string of the molecule is Cc1ccc(Cc2nnc(CCCl)o2)cc1. The van der Waals surface area contributed by atoms with Crippen LogP contribution in [0.2, 0.25) is 0 Å². The lowest BCUT2D eigenvalue weighted by Crippen LogP contribution is -1.88. The smallest absolute Gasteiger partial charge is 0.220 e. The van der Waals surface area contributed by atoms with Crippen LogP contribution in [0, 0.1) is 6.92 Å². The molecule has 0 saturated carbocycles. The Balaban J connectivity index is 2.05. The van der Waals surface area contributed by atoms with Crippen molar-refractivity contribution in [1.82, 2.24) is 10.2 Å². The topological polar surface area (TPSA) is 38.9 Å². The number of hydrogen-bond donors (Lipinski definition) is 0. The van der Waals surface area contributed by atoms with Crippen LogP contribution < -0.4 is 0 Å². The largest absolute Gasteiger partial charge is 0.425 e. The number of aromatic nitrogens is 2. The first-order chi connectivity index (χ1) is 7.78. The van der Waals surface area contributed by atoms with Crippen molar-refractivity contribution < 1.29 is 4.42 Å². The average Bonchev–Trinajstić information content (AvgIpc) is 2.70. The third-order valence-corrected chi connectivity index (χ3v) is 2.48. The van der Waals surface area contributed by atoms with Crippen molar-refractivity contribution in [1.29, 1.82) is 0 Å². The van der Waals surface area contributed by atoms with Crippen LogP contribution in [0.4, 0.5) is 0 Å². The summed E-state index contributed by atoms with van der Waals surface area (Å²) in [6.07, 6.45) is 1.30. The molecule has 1 aromatic heterocycles. The normalized spacial score (nSPS) is 10.6. The minimum absolute atomic E-state index is 0.506. The summed E-state index contributed by atoms with van der Waals surface area (Å²) in [6.45, 7) is 2.06. The van der Waals surface area contributed by atoms with Gasteiger partial charge in [0.1, 0.15) is 0 Å². The Morgan fingerprint density at radius 3 is 2.50 bits per heavy atom. The highest BCUT2D eigenvalue weighted by atomic mass is 35.5. The second-order valence-electron chi connectivity index (χ2n) is 3.69. The number of alkyl halides is 1. The van der Waals surface area contributed by atoms with E-state index in [1.54, 1.807) is 0 Å². The number of benzene rings is 1. The van der Waals surface area contributed by atoms with E-state index in [1.807, 2.05) is 0 Å². The monoisotopic (exact) mass is 236 g/mol. The van der Waals surface area contributed by atoms with Crippen LogP contribution >= 0.6 is 11.6 Å². The summed E-state index contributed by atoms with van der Waals surface area (Å²) >= 11 is 5.60. The van der Waals surface area contributed by atoms with E-state index in [0.717, 1.165) is 0 Å². The molecule has 0 radical (unpaired) electrons. The van der Waals surface area contributed by atoms with Crippen molar-refractivity contribution >= 4 is 11.6 Å². The van der Waals surface area contributed by atoms with Crippen molar-refractivity contribution in [2.45, 2.75) is 19.8 Å². The van der Waals surface area contributed by atoms with E-state index in [-0.39, 0.29) is 0 Å². The Morgan fingerprint density at radius 2 is 1.81 bits per heavy atom. The molecule has 0 aliphatic heterocycles. The first-order valence-corrected chi connectivity index (χ1v) is 5.74. The molecule has 0 aliphatic rings. The van der Waals surface area contributed by atoms with Crippen molar-refractivity contribution in [3.63, 3.8) is 0 Å². The molecule has 16 heavy (non-hydrogen) atoms. The molecular weight excluding hydrogens is 224 g/mol. The Labute approximate surface area is 99.5 Å². The molecule has 3 nitrogen and oxygen atoms in total. The van der Waals surface area contributed by atoms with E-state index in [4.69, 9.17) is 16.0 Å². The molecule has 1 aromatic carbocycles. The lowest BCUT2D eigenvalue weighted by molar-refractivity contribution is 0.463. The van der Waals surface area contributed by atoms with Crippen molar-refractivity contribution in [3.05, 3.63) is 47.2 Å². The molecule has 2 rings (SSSR count). The number of hydrogen-bond acceptors (Lipinski definition) is 3. The van der Waals surface area contributed by atoms with Gasteiger partial charge in [0, 0.05) is 12.3 Å². The van der Waals surface area contributed by atoms with Gasteiger partial charge in [-0.3, -0.25) is 0 Å². The van der Waals surface area contributed by atoms with Gasteiger partial charge in [-0.15, -0.1) is 21.8 Å². The van der Waals surface area contributed by atoms with E-state index in [1.165, 1.54) is 11.1 Å². The van der Waals surface area contributed by atoms with Crippen LogP contribution in [0.25, 0.3) is 0 Å². The van der Waals surface area contributed by atoms with E-state index in [2.05, 4.69) is 41.4 Å². The molecule has 0 spiro atoms. The van der Waals surface area contributed by atoms with Gasteiger partial charge in [-0.2, -0.15) is 0 Å². The molecule has 0 unspecified atom stereocenters. The quantitative estimate of drug-likeness (QED) is 0.767. The van der Waals surface area contributed by atoms with Crippen molar-refractivity contribution in [2.24, 2.45) is 0 Å². The minimum Gasteiger partial charge on any atom is -0.425 e. The zero-order valence-electron chi connectivity index (χ0n) is 9.11. The zero-order chi connectivity index (χ0) is 11.4. The lowest BCUT2D eigenvalue weighted by Gasteiger charge is -1.97. The Kier molecular flexibility index (Phi) is 3.57. The van der Waals surface area contributed by atoms with Gasteiger partial charge in [-0.1, -0.05) is 29.8 Å². The molecule has 0 N–H and O–H groups in total. The molecule has 1 heterocycles. The second-order valence-corrected chi connectivity index (χ2v) is 4.07. The molecule has 0 atom stereocenters. The minimum atomic E-state index is 0.506. The maximum absolute atomic E-state index is 5.60. The molecule has 84 valence electrons. The van der Waals surface area contributed by atoms with Crippen LogP contribution in [-0.2, 0) is 12.8 Å². The fourth-order valence-electron chi connectivity index (χ4n) is 1.42. The van der Waals surface area contributed by atoms with Gasteiger partial charge >= 0.3 is 0 Å². The number of halogens is 1. The van der Waals surface area contributed by atoms with Gasteiger partial charge in [0.2, 0.25) is 11.8 Å². The summed E-state index contributed by atoms with van der Waals surface area (Å²) in [4.78, 5) is 0. The highest BCUT2D eigenvalue weighted by molar-refractivity contribution is 6.17. The zero-order valence-corrected chi connectivity index (χ0v) is 9.87. The number of rotatable bonds is 4. The van der Waals surface area contributed by atoms with E-state index in [9.17, 15) is 0 Å². The van der Waals surface area contributed by atoms with Gasteiger partial charge in [0.15, 0.2) is 0 Å². The standard InChI is InChI=1S/C12H13ClN2O/c1-9-2-4-10(5-3-9)8-12-15-14-11(16-12)6-7-13/h2-5H,6-8H2,1H3. The first kappa shape index (κ1) is 11.1. The highest BCUT2D eigenvalue weighted by Crippen LogP contribution is 2.10. The van der Waals surface area contributed by atoms with E-state index >= 15 is 0 Å². The summed E-state index contributed by atoms with van der Waals surface area (Å²) in [5, 5.41) is 7.90. The summed E-state index contributed by atoms with van der Waals surface area (Å²) in [6, 6.07) is 8.29. The summed E-state index contributed by atoms with van der Waals surface area (Å²) in [7, 11) is 0. The third-order valence-electron chi connectivity index (χ3n) is 2.29. The lowest BCUT2D eigenvalue weighted by atomic mass is 10.1. The van der Waals surface area contributed by atoms with Crippen LogP contribution in [-0.4, -0.2) is 16.1 Å². The van der Waals surface area contributed by atoms with E-state index in [0.29, 0.717) is 30.5 Å². The second kappa shape index (κ2) is 5.12. The third kappa shape index (κ3) is 2.83. The average molecular weight is 237 g/mol. The molecular formula is C12H13ClN2O. The van der Waals surface area contributed by atoms with Gasteiger partial charge in [0.25, 0.3) is 0 Å². The first-order valence-electron chi connectivity index (χ1n) is 5.20. The van der Waals surface area contributed by atoms with Crippen molar-refractivity contribution in [3.8, 4) is 0 Å². The van der Waals surface area contributed by atoms with Gasteiger partial charge in [-0.25, -0.2) is 0 Å². The fourth-order valence-corrected chi connectivity index (χ4v) is 1.58. The summed E-state index contributed by atoms with van der Waals surface area (Å²) in [5.41, 5.74) is 2.42. The highest BCUT2D eigenvalue weighted by Gasteiger charge is 2.06. The molecule has 2 aromatic rings. The summed E-state index contributed by atoms with van der Waals surface area (Å²) in [5.74, 6) is 1.76. The molecule has 0 amide bonds. The maximum Gasteiger partial charge on any atom is 0.220 e. The fraction of sp³-hybridized carbons (Fsp3) is 0.333. The van der Waals surface area contributed by atoms with E-state index < -0.39 is 0 Å². The van der Waals surface area contributed by atoms with Gasteiger partial charge in [-0.05, 0) is 12.5 Å². The number of aryl methyl sites for hydroxylation is 2. The summed E-state index contributed by atoms with van der Waals surface area (Å²) < 4.78 is 5.45. The van der Waals surface area contributed by atoms with Gasteiger partial charge in [0.05, 0.1) is 6.42 Å². The van der Waals surface area contributed by atoms with Crippen LogP contribution in [0.15, 0.2) is 28.7 Å². The molecule has 4 heteroatoms. The Morgan fingerprint density at radius 1 is 1.12 bits per heavy atom. The predicted octanol–water partition coefficient (Wildman–Crippen LogP) is 2.75. The van der Waals surface area contributed by atoms with Crippen LogP contribution in [0.3, 0.4) is 0 Å². The Bertz CT molecular complexity index is 450. The van der Waals surface area contributed by atoms with Crippen LogP contribution in [0.1, 0.15) is 22.9 Å². The Hall–Kier alpha value is -1.35. The van der Waals surface area contributed by atoms with Gasteiger partial charge < -0.3 is 4.42 Å². The predicted molar refractivity (Wildman–Crippen MR) is 62.7 cm³/mol. The van der Waals surface area contributed by atoms with Crippen LogP contribution in [0.5, 0.6) is 0 Å². The molecule has 0 fully saturated rings. The molecule has 0 bridgehead atoms. The molecule has 0 aliphatic carbocycles. The maximum atomic E-state index is 5.60. The van der Waals surface area contributed by atoms with Crippen molar-refractivity contribution in [2.75, 3.05) is 5.88 Å².